The number of aliphatic hydroxyl groups excluding tert-OH is 3. The van der Waals surface area contributed by atoms with Gasteiger partial charge in [-0.1, -0.05) is 121 Å². The summed E-state index contributed by atoms with van der Waals surface area (Å²) < 4.78 is 50.3. The maximum atomic E-state index is 10.8. The zero-order chi connectivity index (χ0) is 36.1. The molecule has 10 atom stereocenters. The van der Waals surface area contributed by atoms with Crippen molar-refractivity contribution in [1.82, 2.24) is 0 Å². The van der Waals surface area contributed by atoms with Crippen LogP contribution in [0.1, 0.15) is 22.3 Å². The van der Waals surface area contributed by atoms with Crippen molar-refractivity contribution in [2.24, 2.45) is 0 Å². The Morgan fingerprint density at radius 3 is 1.38 bits per heavy atom. The van der Waals surface area contributed by atoms with E-state index in [1.165, 1.54) is 7.11 Å². The highest BCUT2D eigenvalue weighted by atomic mass is 16.7. The fraction of sp³-hybridized carbons (Fsp3) is 0.415. The Morgan fingerprint density at radius 2 is 0.885 bits per heavy atom. The lowest BCUT2D eigenvalue weighted by molar-refractivity contribution is -0.343. The number of hydrogen-bond donors (Lipinski definition) is 3. The van der Waals surface area contributed by atoms with Gasteiger partial charge < -0.3 is 53.2 Å². The van der Waals surface area contributed by atoms with Crippen molar-refractivity contribution in [1.29, 1.82) is 0 Å². The molecule has 0 bridgehead atoms. The second-order valence-corrected chi connectivity index (χ2v) is 12.9. The predicted octanol–water partition coefficient (Wildman–Crippen LogP) is 4.15. The van der Waals surface area contributed by atoms with Gasteiger partial charge in [0.2, 0.25) is 0 Å². The van der Waals surface area contributed by atoms with Gasteiger partial charge >= 0.3 is 0 Å². The van der Waals surface area contributed by atoms with Crippen LogP contribution in [0.3, 0.4) is 0 Å². The van der Waals surface area contributed by atoms with Crippen LogP contribution in [0.4, 0.5) is 0 Å². The summed E-state index contributed by atoms with van der Waals surface area (Å²) in [6, 6.07) is 39.3. The van der Waals surface area contributed by atoms with Crippen LogP contribution < -0.4 is 0 Å². The molecule has 6 rings (SSSR count). The minimum Gasteiger partial charge on any atom is -0.387 e. The third kappa shape index (κ3) is 10.3. The van der Waals surface area contributed by atoms with E-state index in [-0.39, 0.29) is 33.0 Å². The highest BCUT2D eigenvalue weighted by molar-refractivity contribution is 5.16. The molecule has 4 aromatic rings. The van der Waals surface area contributed by atoms with Crippen molar-refractivity contribution in [3.63, 3.8) is 0 Å². The zero-order valence-corrected chi connectivity index (χ0v) is 29.2. The predicted molar refractivity (Wildman–Crippen MR) is 189 cm³/mol. The fourth-order valence-electron chi connectivity index (χ4n) is 6.32. The Hall–Kier alpha value is -3.56. The Morgan fingerprint density at radius 1 is 0.442 bits per heavy atom. The average molecular weight is 717 g/mol. The number of ether oxygens (including phenoxy) is 8. The molecule has 0 radical (unpaired) electrons. The van der Waals surface area contributed by atoms with E-state index in [4.69, 9.17) is 37.9 Å². The van der Waals surface area contributed by atoms with E-state index in [1.807, 2.05) is 121 Å². The summed E-state index contributed by atoms with van der Waals surface area (Å²) in [5.41, 5.74) is 3.88. The molecule has 11 heteroatoms. The molecule has 52 heavy (non-hydrogen) atoms. The van der Waals surface area contributed by atoms with Gasteiger partial charge in [-0.05, 0) is 22.3 Å². The highest BCUT2D eigenvalue weighted by Crippen LogP contribution is 2.32. The van der Waals surface area contributed by atoms with Gasteiger partial charge in [0.05, 0.1) is 39.6 Å². The van der Waals surface area contributed by atoms with Gasteiger partial charge in [0.15, 0.2) is 12.6 Å². The molecule has 2 heterocycles. The molecule has 0 aromatic heterocycles. The molecule has 0 saturated carbocycles. The molecule has 0 unspecified atom stereocenters. The second kappa shape index (κ2) is 19.5. The monoisotopic (exact) mass is 716 g/mol. The molecule has 0 aliphatic carbocycles. The lowest BCUT2D eigenvalue weighted by atomic mass is 9.97. The molecular formula is C41H48O11. The van der Waals surface area contributed by atoms with Crippen LogP contribution >= 0.6 is 0 Å². The van der Waals surface area contributed by atoms with Gasteiger partial charge in [0, 0.05) is 7.11 Å². The fourth-order valence-corrected chi connectivity index (χ4v) is 6.32. The van der Waals surface area contributed by atoms with Crippen LogP contribution in [0.25, 0.3) is 0 Å². The summed E-state index contributed by atoms with van der Waals surface area (Å²) in [5, 5.41) is 31.7. The standard InChI is InChI=1S/C41H48O11/c1-45-40-36(44)35(43)34(42)32(51-40)27-50-41-39(49-25-31-20-12-5-13-21-31)38(48-24-30-18-10-4-11-19-30)37(47-23-29-16-8-3-9-17-29)33(52-41)26-46-22-28-14-6-2-7-15-28/h2-21,32-44H,22-27H2,1H3/t32-,33-,34+,35+,36-,37-,38+,39-,40-,41+/m1/s1. The third-order valence-corrected chi connectivity index (χ3v) is 9.17. The van der Waals surface area contributed by atoms with Gasteiger partial charge in [0.25, 0.3) is 0 Å². The molecule has 0 amide bonds. The number of methoxy groups -OCH3 is 1. The molecule has 4 aromatic carbocycles. The molecular weight excluding hydrogens is 668 g/mol. The normalized spacial score (nSPS) is 29.2. The summed E-state index contributed by atoms with van der Waals surface area (Å²) in [4.78, 5) is 0. The van der Waals surface area contributed by atoms with E-state index in [2.05, 4.69) is 0 Å². The van der Waals surface area contributed by atoms with E-state index in [1.54, 1.807) is 0 Å². The molecule has 11 nitrogen and oxygen atoms in total. The van der Waals surface area contributed by atoms with E-state index < -0.39 is 61.4 Å². The molecule has 0 spiro atoms. The first-order chi connectivity index (χ1) is 25.5. The van der Waals surface area contributed by atoms with Gasteiger partial charge in [-0.25, -0.2) is 0 Å². The molecule has 2 aliphatic heterocycles. The third-order valence-electron chi connectivity index (χ3n) is 9.17. The maximum Gasteiger partial charge on any atom is 0.187 e. The molecule has 2 fully saturated rings. The first-order valence-electron chi connectivity index (χ1n) is 17.6. The Kier molecular flexibility index (Phi) is 14.3. The van der Waals surface area contributed by atoms with Crippen molar-refractivity contribution in [3.05, 3.63) is 144 Å². The molecule has 2 saturated heterocycles. The van der Waals surface area contributed by atoms with Crippen LogP contribution in [-0.4, -0.2) is 97.1 Å². The van der Waals surface area contributed by atoms with Crippen LogP contribution in [0.5, 0.6) is 0 Å². The topological polar surface area (TPSA) is 135 Å². The first-order valence-corrected chi connectivity index (χ1v) is 17.6. The summed E-state index contributed by atoms with van der Waals surface area (Å²) in [6.07, 6.45) is -10.5. The largest absolute Gasteiger partial charge is 0.387 e. The summed E-state index contributed by atoms with van der Waals surface area (Å²) in [6.45, 7) is 1.04. The molecule has 2 aliphatic rings. The van der Waals surface area contributed by atoms with Crippen molar-refractivity contribution < 1.29 is 53.2 Å². The highest BCUT2D eigenvalue weighted by Gasteiger charge is 2.50. The number of aliphatic hydroxyl groups is 3. The van der Waals surface area contributed by atoms with Crippen LogP contribution in [0, 0.1) is 0 Å². The molecule has 278 valence electrons. The number of rotatable bonds is 17. The lowest BCUT2D eigenvalue weighted by Gasteiger charge is -2.46. The van der Waals surface area contributed by atoms with E-state index in [9.17, 15) is 15.3 Å². The zero-order valence-electron chi connectivity index (χ0n) is 29.2. The van der Waals surface area contributed by atoms with Crippen LogP contribution in [0.2, 0.25) is 0 Å². The van der Waals surface area contributed by atoms with Gasteiger partial charge in [-0.2, -0.15) is 0 Å². The van der Waals surface area contributed by atoms with Gasteiger partial charge in [0.1, 0.15) is 48.8 Å². The van der Waals surface area contributed by atoms with Crippen molar-refractivity contribution >= 4 is 0 Å². The van der Waals surface area contributed by atoms with E-state index in [0.717, 1.165) is 22.3 Å². The SMILES string of the molecule is CO[C@@H]1O[C@H](CO[C@H]2O[C@H](COCc3ccccc3)[C@@H](OCc3ccccc3)[C@H](OCc3ccccc3)[C@H]2OCc2ccccc2)[C@H](O)[C@H](O)[C@H]1O. The summed E-state index contributed by atoms with van der Waals surface area (Å²) >= 11 is 0. The maximum absolute atomic E-state index is 10.8. The lowest BCUT2D eigenvalue weighted by Crippen LogP contribution is -2.63. The minimum absolute atomic E-state index is 0.143. The van der Waals surface area contributed by atoms with Crippen molar-refractivity contribution in [3.8, 4) is 0 Å². The smallest absolute Gasteiger partial charge is 0.187 e. The summed E-state index contributed by atoms with van der Waals surface area (Å²) in [7, 11) is 1.35. The molecule has 3 N–H and O–H groups in total. The average Bonchev–Trinajstić information content (AvgIpc) is 3.19. The Bertz CT molecular complexity index is 1560. The van der Waals surface area contributed by atoms with Crippen LogP contribution in [-0.2, 0) is 64.3 Å². The Labute approximate surface area is 304 Å². The van der Waals surface area contributed by atoms with Gasteiger partial charge in [-0.3, -0.25) is 0 Å². The quantitative estimate of drug-likeness (QED) is 0.146. The first kappa shape index (κ1) is 38.2. The van der Waals surface area contributed by atoms with Crippen LogP contribution in [0.15, 0.2) is 121 Å². The van der Waals surface area contributed by atoms with E-state index >= 15 is 0 Å². The number of benzene rings is 4. The second-order valence-electron chi connectivity index (χ2n) is 12.9. The minimum atomic E-state index is -1.51. The summed E-state index contributed by atoms with van der Waals surface area (Å²) in [5.74, 6) is 0. The number of hydrogen-bond acceptors (Lipinski definition) is 11. The van der Waals surface area contributed by atoms with Gasteiger partial charge in [-0.15, -0.1) is 0 Å². The Balaban J connectivity index is 1.30. The van der Waals surface area contributed by atoms with Crippen molar-refractivity contribution in [2.45, 2.75) is 87.8 Å². The van der Waals surface area contributed by atoms with Crippen molar-refractivity contribution in [2.75, 3.05) is 20.3 Å². The van der Waals surface area contributed by atoms with E-state index in [0.29, 0.717) is 6.61 Å².